The molecule has 4 aromatic rings. The van der Waals surface area contributed by atoms with Crippen molar-refractivity contribution in [2.45, 2.75) is 31.9 Å². The molecular formula is C22H22F3N7. The monoisotopic (exact) mass is 441 g/mol. The smallest absolute Gasteiger partial charge is 0.367 e. The average molecular weight is 441 g/mol. The van der Waals surface area contributed by atoms with Crippen LogP contribution in [0, 0.1) is 0 Å². The molecule has 1 fully saturated rings. The summed E-state index contributed by atoms with van der Waals surface area (Å²) in [5.74, 6) is 0. The van der Waals surface area contributed by atoms with Crippen LogP contribution in [0.25, 0.3) is 33.1 Å². The summed E-state index contributed by atoms with van der Waals surface area (Å²) in [7, 11) is 0. The Morgan fingerprint density at radius 2 is 1.81 bits per heavy atom. The molecule has 0 radical (unpaired) electrons. The lowest BCUT2D eigenvalue weighted by molar-refractivity contribution is -0.140. The summed E-state index contributed by atoms with van der Waals surface area (Å²) in [6.45, 7) is 3.31. The summed E-state index contributed by atoms with van der Waals surface area (Å²) < 4.78 is 41.1. The highest BCUT2D eigenvalue weighted by molar-refractivity contribution is 6.13. The first-order valence-corrected chi connectivity index (χ1v) is 10.9. The highest BCUT2D eigenvalue weighted by Gasteiger charge is 2.38. The van der Waals surface area contributed by atoms with Crippen LogP contribution in [0.5, 0.6) is 0 Å². The minimum Gasteiger partial charge on any atom is -0.367 e. The number of fused-ring (bicyclic) bond motifs is 5. The molecule has 3 N–H and O–H groups in total. The Hall–Kier alpha value is -3.14. The van der Waals surface area contributed by atoms with Crippen LogP contribution < -0.4 is 10.2 Å². The van der Waals surface area contributed by atoms with Gasteiger partial charge in [-0.25, -0.2) is 4.98 Å². The second kappa shape index (κ2) is 7.19. The van der Waals surface area contributed by atoms with E-state index in [9.17, 15) is 13.2 Å². The number of aromatic nitrogens is 5. The van der Waals surface area contributed by atoms with Gasteiger partial charge in [0.05, 0.1) is 34.2 Å². The summed E-state index contributed by atoms with van der Waals surface area (Å²) in [6.07, 6.45) is 2.02. The van der Waals surface area contributed by atoms with E-state index in [-0.39, 0.29) is 5.56 Å². The molecule has 2 aliphatic rings. The zero-order valence-corrected chi connectivity index (χ0v) is 17.3. The first-order chi connectivity index (χ1) is 15.5. The first-order valence-electron chi connectivity index (χ1n) is 10.9. The number of nitrogens with one attached hydrogen (secondary N) is 3. The van der Waals surface area contributed by atoms with Crippen LogP contribution in [-0.4, -0.2) is 51.6 Å². The topological polar surface area (TPSA) is 85.5 Å². The number of hydrogen-bond acceptors (Lipinski definition) is 5. The molecule has 10 heteroatoms. The molecule has 32 heavy (non-hydrogen) atoms. The molecule has 166 valence electrons. The van der Waals surface area contributed by atoms with Gasteiger partial charge in [0, 0.05) is 43.1 Å². The number of halogens is 3. The summed E-state index contributed by atoms with van der Waals surface area (Å²) in [5.41, 5.74) is 4.10. The quantitative estimate of drug-likeness (QED) is 0.441. The number of nitrogens with zero attached hydrogens (tertiary/aromatic N) is 4. The minimum absolute atomic E-state index is 0.0242. The van der Waals surface area contributed by atoms with Crippen LogP contribution in [-0.2, 0) is 19.0 Å². The minimum atomic E-state index is -4.55. The molecular weight excluding hydrogens is 419 g/mol. The van der Waals surface area contributed by atoms with Crippen LogP contribution in [0.15, 0.2) is 18.5 Å². The third-order valence-electron chi connectivity index (χ3n) is 6.60. The van der Waals surface area contributed by atoms with Gasteiger partial charge in [-0.15, -0.1) is 0 Å². The molecule has 6 rings (SSSR count). The van der Waals surface area contributed by atoms with E-state index in [2.05, 4.69) is 30.6 Å². The standard InChI is InChI=1S/C22H22F3N7/c23-22(24,25)21-15(11-28-31-21)19-13-4-2-1-3-12(13)18-14-10-27-30-16(14)9-17(20(18)29-19)32-7-5-26-6-8-32/h9-11,26H,1-8H2,(H,27,30)(H,28,31). The molecule has 0 atom stereocenters. The van der Waals surface area contributed by atoms with Crippen molar-refractivity contribution in [3.63, 3.8) is 0 Å². The number of anilines is 1. The van der Waals surface area contributed by atoms with Crippen LogP contribution in [0.4, 0.5) is 18.9 Å². The Labute approximate surface area is 181 Å². The third kappa shape index (κ3) is 2.96. The van der Waals surface area contributed by atoms with E-state index in [1.54, 1.807) is 6.20 Å². The fourth-order valence-corrected chi connectivity index (χ4v) is 5.16. The van der Waals surface area contributed by atoms with E-state index in [1.807, 2.05) is 6.07 Å². The third-order valence-corrected chi connectivity index (χ3v) is 6.60. The van der Waals surface area contributed by atoms with E-state index in [1.165, 1.54) is 6.20 Å². The van der Waals surface area contributed by atoms with Crippen molar-refractivity contribution in [1.29, 1.82) is 0 Å². The number of rotatable bonds is 2. The van der Waals surface area contributed by atoms with Crippen LogP contribution in [0.2, 0.25) is 0 Å². The van der Waals surface area contributed by atoms with Crippen molar-refractivity contribution in [2.24, 2.45) is 0 Å². The summed E-state index contributed by atoms with van der Waals surface area (Å²) in [6, 6.07) is 2.03. The molecule has 4 heterocycles. The molecule has 1 saturated heterocycles. The number of pyridine rings is 1. The molecule has 1 aromatic carbocycles. The van der Waals surface area contributed by atoms with E-state index < -0.39 is 11.9 Å². The number of piperazine rings is 1. The van der Waals surface area contributed by atoms with Gasteiger partial charge in [-0.3, -0.25) is 10.2 Å². The van der Waals surface area contributed by atoms with Crippen molar-refractivity contribution in [3.05, 3.63) is 35.3 Å². The average Bonchev–Trinajstić information content (AvgIpc) is 3.48. The number of aryl methyl sites for hydroxylation is 1. The Morgan fingerprint density at radius 1 is 1.03 bits per heavy atom. The van der Waals surface area contributed by atoms with Gasteiger partial charge in [0.1, 0.15) is 0 Å². The van der Waals surface area contributed by atoms with Crippen molar-refractivity contribution in [3.8, 4) is 11.3 Å². The second-order valence-corrected chi connectivity index (χ2v) is 8.46. The number of aromatic amines is 2. The van der Waals surface area contributed by atoms with Crippen LogP contribution >= 0.6 is 0 Å². The second-order valence-electron chi connectivity index (χ2n) is 8.46. The molecule has 0 bridgehead atoms. The molecule has 7 nitrogen and oxygen atoms in total. The molecule has 1 aliphatic heterocycles. The predicted octanol–water partition coefficient (Wildman–Crippen LogP) is 3.81. The van der Waals surface area contributed by atoms with Gasteiger partial charge in [0.15, 0.2) is 5.69 Å². The highest BCUT2D eigenvalue weighted by Crippen LogP contribution is 2.43. The maximum absolute atomic E-state index is 13.7. The van der Waals surface area contributed by atoms with E-state index in [4.69, 9.17) is 4.98 Å². The Kier molecular flexibility index (Phi) is 4.39. The summed E-state index contributed by atoms with van der Waals surface area (Å²) in [5, 5.41) is 18.6. The van der Waals surface area contributed by atoms with Crippen LogP contribution in [0.3, 0.4) is 0 Å². The zero-order chi connectivity index (χ0) is 21.9. The molecule has 0 spiro atoms. The van der Waals surface area contributed by atoms with E-state index in [0.29, 0.717) is 12.1 Å². The lowest BCUT2D eigenvalue weighted by Crippen LogP contribution is -2.43. The van der Waals surface area contributed by atoms with Gasteiger partial charge in [0.25, 0.3) is 0 Å². The van der Waals surface area contributed by atoms with Gasteiger partial charge in [-0.1, -0.05) is 0 Å². The van der Waals surface area contributed by atoms with E-state index >= 15 is 0 Å². The SMILES string of the molecule is FC(F)(F)c1n[nH]cc1-c1nc2c(N3CCNCC3)cc3[nH]ncc3c2c2c1CCCC2. The number of H-pyrrole nitrogens is 2. The van der Waals surface area contributed by atoms with Gasteiger partial charge in [-0.05, 0) is 42.9 Å². The lowest BCUT2D eigenvalue weighted by Gasteiger charge is -2.31. The van der Waals surface area contributed by atoms with Crippen molar-refractivity contribution >= 4 is 27.5 Å². The van der Waals surface area contributed by atoms with Gasteiger partial charge in [0.2, 0.25) is 0 Å². The zero-order valence-electron chi connectivity index (χ0n) is 17.3. The summed E-state index contributed by atoms with van der Waals surface area (Å²) >= 11 is 0. The van der Waals surface area contributed by atoms with E-state index in [0.717, 1.165) is 84.1 Å². The number of alkyl halides is 3. The Balaban J connectivity index is 1.70. The number of benzene rings is 1. The lowest BCUT2D eigenvalue weighted by atomic mass is 9.85. The highest BCUT2D eigenvalue weighted by atomic mass is 19.4. The molecule has 0 unspecified atom stereocenters. The van der Waals surface area contributed by atoms with Crippen molar-refractivity contribution in [1.82, 2.24) is 30.7 Å². The number of hydrogen-bond donors (Lipinski definition) is 3. The fourth-order valence-electron chi connectivity index (χ4n) is 5.16. The normalized spacial score (nSPS) is 17.3. The summed E-state index contributed by atoms with van der Waals surface area (Å²) in [4.78, 5) is 7.20. The Bertz CT molecular complexity index is 1310. The fraction of sp³-hybridized carbons (Fsp3) is 0.409. The predicted molar refractivity (Wildman–Crippen MR) is 116 cm³/mol. The largest absolute Gasteiger partial charge is 0.435 e. The Morgan fingerprint density at radius 3 is 2.59 bits per heavy atom. The molecule has 3 aromatic heterocycles. The van der Waals surface area contributed by atoms with Gasteiger partial charge in [-0.2, -0.15) is 23.4 Å². The first kappa shape index (κ1) is 19.5. The van der Waals surface area contributed by atoms with Crippen molar-refractivity contribution < 1.29 is 13.2 Å². The molecule has 1 aliphatic carbocycles. The maximum Gasteiger partial charge on any atom is 0.435 e. The maximum atomic E-state index is 13.7. The van der Waals surface area contributed by atoms with Gasteiger partial charge >= 0.3 is 6.18 Å². The molecule has 0 amide bonds. The van der Waals surface area contributed by atoms with Gasteiger partial charge < -0.3 is 10.2 Å². The van der Waals surface area contributed by atoms with Crippen molar-refractivity contribution in [2.75, 3.05) is 31.1 Å². The molecule has 0 saturated carbocycles. The van der Waals surface area contributed by atoms with Crippen LogP contribution in [0.1, 0.15) is 29.7 Å².